The van der Waals surface area contributed by atoms with Crippen LogP contribution in [-0.4, -0.2) is 0 Å². The zero-order chi connectivity index (χ0) is 14.1. The van der Waals surface area contributed by atoms with E-state index in [2.05, 4.69) is 18.4 Å². The summed E-state index contributed by atoms with van der Waals surface area (Å²) in [6.45, 7) is 2.10. The molecule has 5 heteroatoms. The monoisotopic (exact) mass is 290 g/mol. The number of aryl methyl sites for hydroxylation is 1. The highest BCUT2D eigenvalue weighted by molar-refractivity contribution is 7.10. The van der Waals surface area contributed by atoms with Gasteiger partial charge >= 0.3 is 0 Å². The van der Waals surface area contributed by atoms with E-state index in [1.165, 1.54) is 17.7 Å². The maximum Gasteiger partial charge on any atom is 0.134 e. The van der Waals surface area contributed by atoms with Crippen molar-refractivity contribution >= 4 is 22.3 Å². The molecule has 0 aliphatic rings. The first kappa shape index (κ1) is 13.3. The zero-order valence-electron chi connectivity index (χ0n) is 11.0. The minimum absolute atomic E-state index is 0.208. The maximum atomic E-state index is 13.2. The average Bonchev–Trinajstić information content (AvgIpc) is 3.05. The summed E-state index contributed by atoms with van der Waals surface area (Å²) in [7, 11) is 0. The summed E-state index contributed by atoms with van der Waals surface area (Å²) in [6.07, 6.45) is 0.936. The lowest BCUT2D eigenvalue weighted by molar-refractivity contribution is 0.479. The number of hydrogen-bond donors (Lipinski definition) is 2. The van der Waals surface area contributed by atoms with Crippen molar-refractivity contribution in [3.8, 4) is 0 Å². The van der Waals surface area contributed by atoms with Gasteiger partial charge in [-0.2, -0.15) is 0 Å². The van der Waals surface area contributed by atoms with Gasteiger partial charge in [-0.15, -0.1) is 11.3 Å². The highest BCUT2D eigenvalue weighted by atomic mass is 32.1. The second-order valence-electron chi connectivity index (χ2n) is 4.59. The maximum absolute atomic E-state index is 13.2. The number of nitrogens with two attached hydrogens (primary N) is 1. The Labute approximate surface area is 120 Å². The van der Waals surface area contributed by atoms with Crippen LogP contribution in [0.3, 0.4) is 0 Å². The molecule has 104 valence electrons. The van der Waals surface area contributed by atoms with E-state index >= 15 is 0 Å². The molecule has 0 fully saturated rings. The second-order valence-corrected chi connectivity index (χ2v) is 5.54. The Hall–Kier alpha value is -1.69. The number of benzene rings is 1. The van der Waals surface area contributed by atoms with Gasteiger partial charge in [-0.05, 0) is 47.7 Å². The standard InChI is InChI=1S/C15H15FN2OS/c1-2-9-5-6-20-15(9)14(18-17)13-8-10-7-11(16)3-4-12(10)19-13/h3-8,14,18H,2,17H2,1H3. The summed E-state index contributed by atoms with van der Waals surface area (Å²) in [5.74, 6) is 6.12. The fraction of sp³-hybridized carbons (Fsp3) is 0.200. The molecule has 3 rings (SSSR count). The molecule has 2 heterocycles. The first-order valence-electron chi connectivity index (χ1n) is 6.44. The number of thiophene rings is 1. The normalized spacial score (nSPS) is 12.9. The van der Waals surface area contributed by atoms with Gasteiger partial charge in [0.2, 0.25) is 0 Å². The number of nitrogens with one attached hydrogen (secondary N) is 1. The van der Waals surface area contributed by atoms with Crippen LogP contribution in [0.4, 0.5) is 4.39 Å². The van der Waals surface area contributed by atoms with Crippen molar-refractivity contribution in [2.75, 3.05) is 0 Å². The summed E-state index contributed by atoms with van der Waals surface area (Å²) < 4.78 is 19.0. The van der Waals surface area contributed by atoms with Crippen molar-refractivity contribution in [3.05, 3.63) is 57.7 Å². The first-order chi connectivity index (χ1) is 9.72. The van der Waals surface area contributed by atoms with E-state index in [0.717, 1.165) is 16.7 Å². The number of hydrazine groups is 1. The molecular weight excluding hydrogens is 275 g/mol. The van der Waals surface area contributed by atoms with Gasteiger partial charge in [-0.3, -0.25) is 5.84 Å². The highest BCUT2D eigenvalue weighted by Gasteiger charge is 2.21. The molecule has 1 unspecified atom stereocenters. The van der Waals surface area contributed by atoms with E-state index in [4.69, 9.17) is 10.3 Å². The van der Waals surface area contributed by atoms with E-state index in [0.29, 0.717) is 11.3 Å². The van der Waals surface area contributed by atoms with Crippen LogP contribution in [0.5, 0.6) is 0 Å². The molecule has 3 nitrogen and oxygen atoms in total. The molecule has 0 aliphatic carbocycles. The smallest absolute Gasteiger partial charge is 0.134 e. The molecule has 0 saturated carbocycles. The van der Waals surface area contributed by atoms with Crippen molar-refractivity contribution in [2.45, 2.75) is 19.4 Å². The summed E-state index contributed by atoms with van der Waals surface area (Å²) in [5.41, 5.74) is 4.70. The van der Waals surface area contributed by atoms with Crippen LogP contribution >= 0.6 is 11.3 Å². The van der Waals surface area contributed by atoms with E-state index in [1.807, 2.05) is 11.4 Å². The number of halogens is 1. The largest absolute Gasteiger partial charge is 0.459 e. The Morgan fingerprint density at radius 2 is 2.20 bits per heavy atom. The Balaban J connectivity index is 2.07. The quantitative estimate of drug-likeness (QED) is 0.568. The minimum atomic E-state index is -0.271. The van der Waals surface area contributed by atoms with Gasteiger partial charge in [-0.1, -0.05) is 6.92 Å². The van der Waals surface area contributed by atoms with Crippen LogP contribution in [0, 0.1) is 5.82 Å². The molecule has 0 aliphatic heterocycles. The van der Waals surface area contributed by atoms with Gasteiger partial charge in [0.25, 0.3) is 0 Å². The molecule has 0 spiro atoms. The third-order valence-corrected chi connectivity index (χ3v) is 4.40. The van der Waals surface area contributed by atoms with Gasteiger partial charge in [-0.25, -0.2) is 9.82 Å². The van der Waals surface area contributed by atoms with Gasteiger partial charge in [0.15, 0.2) is 0 Å². The first-order valence-corrected chi connectivity index (χ1v) is 7.32. The molecule has 0 saturated heterocycles. The lowest BCUT2D eigenvalue weighted by Crippen LogP contribution is -2.28. The summed E-state index contributed by atoms with van der Waals surface area (Å²) >= 11 is 1.64. The topological polar surface area (TPSA) is 51.2 Å². The summed E-state index contributed by atoms with van der Waals surface area (Å²) in [6, 6.07) is 8.21. The number of fused-ring (bicyclic) bond motifs is 1. The van der Waals surface area contributed by atoms with Crippen LogP contribution in [0.15, 0.2) is 40.1 Å². The number of hydrogen-bond acceptors (Lipinski definition) is 4. The summed E-state index contributed by atoms with van der Waals surface area (Å²) in [5, 5.41) is 2.79. The molecule has 3 N–H and O–H groups in total. The van der Waals surface area contributed by atoms with Gasteiger partial charge in [0.05, 0.1) is 0 Å². The predicted octanol–water partition coefficient (Wildman–Crippen LogP) is 3.75. The fourth-order valence-corrected chi connectivity index (χ4v) is 3.42. The van der Waals surface area contributed by atoms with Crippen molar-refractivity contribution in [3.63, 3.8) is 0 Å². The third kappa shape index (κ3) is 2.24. The fourth-order valence-electron chi connectivity index (χ4n) is 2.36. The Bertz CT molecular complexity index is 734. The number of furan rings is 1. The molecule has 20 heavy (non-hydrogen) atoms. The van der Waals surface area contributed by atoms with Gasteiger partial charge < -0.3 is 4.42 Å². The highest BCUT2D eigenvalue weighted by Crippen LogP contribution is 2.33. The van der Waals surface area contributed by atoms with E-state index in [1.54, 1.807) is 17.4 Å². The van der Waals surface area contributed by atoms with Crippen LogP contribution in [0.2, 0.25) is 0 Å². The van der Waals surface area contributed by atoms with E-state index in [-0.39, 0.29) is 11.9 Å². The van der Waals surface area contributed by atoms with Crippen molar-refractivity contribution in [2.24, 2.45) is 5.84 Å². The zero-order valence-corrected chi connectivity index (χ0v) is 11.8. The SMILES string of the molecule is CCc1ccsc1C(NN)c1cc2cc(F)ccc2o1. The van der Waals surface area contributed by atoms with E-state index < -0.39 is 0 Å². The molecule has 3 aromatic rings. The predicted molar refractivity (Wildman–Crippen MR) is 79.0 cm³/mol. The lowest BCUT2D eigenvalue weighted by atomic mass is 10.1. The van der Waals surface area contributed by atoms with Crippen LogP contribution < -0.4 is 11.3 Å². The van der Waals surface area contributed by atoms with Crippen molar-refractivity contribution < 1.29 is 8.81 Å². The molecule has 0 radical (unpaired) electrons. The molecule has 0 amide bonds. The Morgan fingerprint density at radius 1 is 1.35 bits per heavy atom. The average molecular weight is 290 g/mol. The molecule has 1 atom stereocenters. The van der Waals surface area contributed by atoms with Crippen molar-refractivity contribution in [1.82, 2.24) is 5.43 Å². The molecular formula is C15H15FN2OS. The minimum Gasteiger partial charge on any atom is -0.459 e. The lowest BCUT2D eigenvalue weighted by Gasteiger charge is -2.13. The molecule has 2 aromatic heterocycles. The van der Waals surface area contributed by atoms with Gasteiger partial charge in [0.1, 0.15) is 23.2 Å². The second kappa shape index (κ2) is 5.36. The van der Waals surface area contributed by atoms with E-state index in [9.17, 15) is 4.39 Å². The summed E-state index contributed by atoms with van der Waals surface area (Å²) in [4.78, 5) is 1.13. The molecule has 1 aromatic carbocycles. The van der Waals surface area contributed by atoms with Gasteiger partial charge in [0, 0.05) is 10.3 Å². The Kier molecular flexibility index (Phi) is 3.56. The third-order valence-electron chi connectivity index (χ3n) is 3.37. The molecule has 0 bridgehead atoms. The van der Waals surface area contributed by atoms with Crippen LogP contribution in [0.1, 0.15) is 29.2 Å². The van der Waals surface area contributed by atoms with Crippen LogP contribution in [-0.2, 0) is 6.42 Å². The van der Waals surface area contributed by atoms with Crippen molar-refractivity contribution in [1.29, 1.82) is 0 Å². The van der Waals surface area contributed by atoms with Crippen LogP contribution in [0.25, 0.3) is 11.0 Å². The Morgan fingerprint density at radius 3 is 2.95 bits per heavy atom. The number of rotatable bonds is 4.